The van der Waals surface area contributed by atoms with Gasteiger partial charge in [0.1, 0.15) is 0 Å². The Morgan fingerprint density at radius 1 is 1.47 bits per heavy atom. The second-order valence-corrected chi connectivity index (χ2v) is 4.85. The molecule has 1 rings (SSSR count). The third kappa shape index (κ3) is 3.44. The van der Waals surface area contributed by atoms with E-state index in [-0.39, 0.29) is 0 Å². The van der Waals surface area contributed by atoms with E-state index in [4.69, 9.17) is 4.74 Å². The minimum atomic E-state index is -0.452. The number of ether oxygens (including phenoxy) is 1. The van der Waals surface area contributed by atoms with Gasteiger partial charge in [-0.1, -0.05) is 6.92 Å². The van der Waals surface area contributed by atoms with Crippen molar-refractivity contribution in [3.63, 3.8) is 0 Å². The van der Waals surface area contributed by atoms with E-state index in [1.165, 1.54) is 0 Å². The van der Waals surface area contributed by atoms with Crippen LogP contribution in [-0.4, -0.2) is 37.5 Å². The van der Waals surface area contributed by atoms with Gasteiger partial charge in [0.15, 0.2) is 0 Å². The lowest BCUT2D eigenvalue weighted by atomic mass is 9.74. The van der Waals surface area contributed by atoms with Gasteiger partial charge in [0.2, 0.25) is 0 Å². The number of rotatable bonds is 5. The summed E-state index contributed by atoms with van der Waals surface area (Å²) in [5.74, 6) is 0.343. The minimum absolute atomic E-state index is 0.343. The first-order valence-corrected chi connectivity index (χ1v) is 6.01. The standard InChI is InChI=1S/C12H25NO2/c1-10(6-9-15-3)12(14)7-4-11(13-2)5-8-12/h10-11,13-14H,4-9H2,1-3H3. The van der Waals surface area contributed by atoms with Crippen molar-refractivity contribution in [2.75, 3.05) is 20.8 Å². The molecule has 0 aromatic carbocycles. The van der Waals surface area contributed by atoms with E-state index in [0.29, 0.717) is 12.0 Å². The fraction of sp³-hybridized carbons (Fsp3) is 1.00. The van der Waals surface area contributed by atoms with Crippen LogP contribution in [0, 0.1) is 5.92 Å². The normalized spacial score (nSPS) is 34.0. The van der Waals surface area contributed by atoms with Gasteiger partial charge < -0.3 is 15.2 Å². The summed E-state index contributed by atoms with van der Waals surface area (Å²) >= 11 is 0. The first-order chi connectivity index (χ1) is 7.12. The molecule has 0 aliphatic heterocycles. The third-order valence-corrected chi connectivity index (χ3v) is 3.93. The highest BCUT2D eigenvalue weighted by Gasteiger charge is 2.37. The van der Waals surface area contributed by atoms with Crippen LogP contribution in [0.15, 0.2) is 0 Å². The molecule has 2 N–H and O–H groups in total. The average molecular weight is 215 g/mol. The quantitative estimate of drug-likeness (QED) is 0.731. The fourth-order valence-electron chi connectivity index (χ4n) is 2.46. The van der Waals surface area contributed by atoms with Gasteiger partial charge in [-0.2, -0.15) is 0 Å². The molecule has 3 heteroatoms. The maximum Gasteiger partial charge on any atom is 0.0675 e. The molecule has 1 unspecified atom stereocenters. The molecule has 0 radical (unpaired) electrons. The van der Waals surface area contributed by atoms with Crippen molar-refractivity contribution >= 4 is 0 Å². The highest BCUT2D eigenvalue weighted by Crippen LogP contribution is 2.35. The van der Waals surface area contributed by atoms with Crippen LogP contribution in [0.5, 0.6) is 0 Å². The molecule has 3 nitrogen and oxygen atoms in total. The van der Waals surface area contributed by atoms with Crippen molar-refractivity contribution in [2.24, 2.45) is 5.92 Å². The molecule has 90 valence electrons. The van der Waals surface area contributed by atoms with Crippen molar-refractivity contribution in [1.82, 2.24) is 5.32 Å². The third-order valence-electron chi connectivity index (χ3n) is 3.93. The maximum absolute atomic E-state index is 10.5. The van der Waals surface area contributed by atoms with Crippen molar-refractivity contribution in [3.8, 4) is 0 Å². The fourth-order valence-corrected chi connectivity index (χ4v) is 2.46. The second-order valence-electron chi connectivity index (χ2n) is 4.85. The Kier molecular flexibility index (Phi) is 5.03. The molecule has 15 heavy (non-hydrogen) atoms. The van der Waals surface area contributed by atoms with Crippen molar-refractivity contribution in [2.45, 2.75) is 50.7 Å². The maximum atomic E-state index is 10.5. The Morgan fingerprint density at radius 3 is 2.53 bits per heavy atom. The van der Waals surface area contributed by atoms with Crippen LogP contribution in [-0.2, 0) is 4.74 Å². The van der Waals surface area contributed by atoms with Gasteiger partial charge in [-0.3, -0.25) is 0 Å². The predicted octanol–water partition coefficient (Wildman–Crippen LogP) is 1.55. The average Bonchev–Trinajstić information content (AvgIpc) is 2.27. The topological polar surface area (TPSA) is 41.5 Å². The lowest BCUT2D eigenvalue weighted by Gasteiger charge is -2.40. The largest absolute Gasteiger partial charge is 0.390 e. The van der Waals surface area contributed by atoms with Crippen LogP contribution >= 0.6 is 0 Å². The van der Waals surface area contributed by atoms with E-state index in [9.17, 15) is 5.11 Å². The van der Waals surface area contributed by atoms with E-state index >= 15 is 0 Å². The summed E-state index contributed by atoms with van der Waals surface area (Å²) in [5.41, 5.74) is -0.452. The Bertz CT molecular complexity index is 176. The number of hydrogen-bond donors (Lipinski definition) is 2. The lowest BCUT2D eigenvalue weighted by Crippen LogP contribution is -2.44. The minimum Gasteiger partial charge on any atom is -0.390 e. The summed E-state index contributed by atoms with van der Waals surface area (Å²) in [6, 6.07) is 0.597. The van der Waals surface area contributed by atoms with Crippen LogP contribution in [0.4, 0.5) is 0 Å². The molecule has 1 aliphatic rings. The first kappa shape index (κ1) is 12.9. The van der Waals surface area contributed by atoms with Crippen molar-refractivity contribution in [1.29, 1.82) is 0 Å². The van der Waals surface area contributed by atoms with E-state index in [1.54, 1.807) is 7.11 Å². The van der Waals surface area contributed by atoms with E-state index in [2.05, 4.69) is 12.2 Å². The molecule has 0 aromatic rings. The molecule has 0 heterocycles. The molecule has 0 saturated heterocycles. The summed E-state index contributed by atoms with van der Waals surface area (Å²) in [4.78, 5) is 0. The Balaban J connectivity index is 2.39. The molecule has 1 saturated carbocycles. The first-order valence-electron chi connectivity index (χ1n) is 6.01. The summed E-state index contributed by atoms with van der Waals surface area (Å²) in [7, 11) is 3.72. The highest BCUT2D eigenvalue weighted by molar-refractivity contribution is 4.91. The van der Waals surface area contributed by atoms with Crippen LogP contribution in [0.1, 0.15) is 39.0 Å². The molecular weight excluding hydrogens is 190 g/mol. The van der Waals surface area contributed by atoms with E-state index < -0.39 is 5.60 Å². The molecule has 1 atom stereocenters. The van der Waals surface area contributed by atoms with E-state index in [1.807, 2.05) is 7.05 Å². The lowest BCUT2D eigenvalue weighted by molar-refractivity contribution is -0.0561. The number of aliphatic hydroxyl groups is 1. The van der Waals surface area contributed by atoms with Gasteiger partial charge >= 0.3 is 0 Å². The molecule has 0 spiro atoms. The summed E-state index contributed by atoms with van der Waals surface area (Å²) in [6.07, 6.45) is 4.97. The molecule has 0 bridgehead atoms. The van der Waals surface area contributed by atoms with Crippen molar-refractivity contribution in [3.05, 3.63) is 0 Å². The number of methoxy groups -OCH3 is 1. The highest BCUT2D eigenvalue weighted by atomic mass is 16.5. The molecular formula is C12H25NO2. The smallest absolute Gasteiger partial charge is 0.0675 e. The molecule has 0 amide bonds. The molecule has 1 aliphatic carbocycles. The Hall–Kier alpha value is -0.120. The van der Waals surface area contributed by atoms with Gasteiger partial charge in [0.25, 0.3) is 0 Å². The van der Waals surface area contributed by atoms with Gasteiger partial charge in [-0.05, 0) is 45.1 Å². The summed E-state index contributed by atoms with van der Waals surface area (Å²) < 4.78 is 5.07. The zero-order valence-corrected chi connectivity index (χ0v) is 10.3. The Labute approximate surface area is 93.2 Å². The van der Waals surface area contributed by atoms with Crippen LogP contribution < -0.4 is 5.32 Å². The van der Waals surface area contributed by atoms with Crippen LogP contribution in [0.2, 0.25) is 0 Å². The van der Waals surface area contributed by atoms with Gasteiger partial charge in [0, 0.05) is 19.8 Å². The predicted molar refractivity (Wildman–Crippen MR) is 61.9 cm³/mol. The van der Waals surface area contributed by atoms with Gasteiger partial charge in [-0.15, -0.1) is 0 Å². The number of nitrogens with one attached hydrogen (secondary N) is 1. The van der Waals surface area contributed by atoms with Gasteiger partial charge in [-0.25, -0.2) is 0 Å². The molecule has 0 aromatic heterocycles. The number of hydrogen-bond acceptors (Lipinski definition) is 3. The van der Waals surface area contributed by atoms with Crippen molar-refractivity contribution < 1.29 is 9.84 Å². The zero-order valence-electron chi connectivity index (χ0n) is 10.3. The van der Waals surface area contributed by atoms with Gasteiger partial charge in [0.05, 0.1) is 5.60 Å². The van der Waals surface area contributed by atoms with Crippen LogP contribution in [0.25, 0.3) is 0 Å². The zero-order chi connectivity index (χ0) is 11.3. The summed E-state index contributed by atoms with van der Waals surface area (Å²) in [5, 5.41) is 13.8. The van der Waals surface area contributed by atoms with E-state index in [0.717, 1.165) is 38.7 Å². The summed E-state index contributed by atoms with van der Waals surface area (Å²) in [6.45, 7) is 2.89. The second kappa shape index (κ2) is 5.83. The molecule has 1 fully saturated rings. The SMILES string of the molecule is CNC1CCC(O)(C(C)CCOC)CC1. The Morgan fingerprint density at radius 2 is 2.07 bits per heavy atom. The monoisotopic (exact) mass is 215 g/mol. The van der Waals surface area contributed by atoms with Crippen LogP contribution in [0.3, 0.4) is 0 Å².